The van der Waals surface area contributed by atoms with Gasteiger partial charge in [-0.05, 0) is 59.8 Å². The molecule has 1 fully saturated rings. The van der Waals surface area contributed by atoms with Crippen molar-refractivity contribution in [3.8, 4) is 0 Å². The van der Waals surface area contributed by atoms with Crippen molar-refractivity contribution in [3.05, 3.63) is 83.9 Å². The van der Waals surface area contributed by atoms with E-state index in [1.165, 1.54) is 17.2 Å². The maximum Gasteiger partial charge on any atom is 0.220 e. The van der Waals surface area contributed by atoms with Gasteiger partial charge in [0.1, 0.15) is 0 Å². The minimum Gasteiger partial charge on any atom is -0.345 e. The van der Waals surface area contributed by atoms with Crippen molar-refractivity contribution < 1.29 is 4.79 Å². The van der Waals surface area contributed by atoms with Crippen molar-refractivity contribution in [3.63, 3.8) is 0 Å². The summed E-state index contributed by atoms with van der Waals surface area (Å²) in [5, 5.41) is 9.07. The molecule has 1 saturated heterocycles. The molecule has 2 unspecified atom stereocenters. The SMILES string of the molecule is O=C(CCC1CCNC1)NC(c1ccccc1)c1ccc2ccccc2c1. The highest BCUT2D eigenvalue weighted by atomic mass is 16.1. The van der Waals surface area contributed by atoms with Crippen LogP contribution in [0.1, 0.15) is 36.4 Å². The number of benzene rings is 3. The molecule has 1 heterocycles. The number of nitrogens with one attached hydrogen (secondary N) is 2. The van der Waals surface area contributed by atoms with Crippen molar-refractivity contribution in [2.75, 3.05) is 13.1 Å². The number of rotatable bonds is 6. The second kappa shape index (κ2) is 8.36. The third-order valence-corrected chi connectivity index (χ3v) is 5.49. The van der Waals surface area contributed by atoms with Crippen LogP contribution in [0.3, 0.4) is 0 Å². The molecule has 1 aliphatic heterocycles. The van der Waals surface area contributed by atoms with Crippen LogP contribution >= 0.6 is 0 Å². The standard InChI is InChI=1S/C24H26N2O/c27-23(13-10-18-14-15-25-17-18)26-24(20-7-2-1-3-8-20)22-12-11-19-6-4-5-9-21(19)16-22/h1-9,11-12,16,18,24-25H,10,13-15,17H2,(H,26,27). The Hall–Kier alpha value is -2.65. The monoisotopic (exact) mass is 358 g/mol. The summed E-state index contributed by atoms with van der Waals surface area (Å²) in [5.41, 5.74) is 2.24. The van der Waals surface area contributed by atoms with Gasteiger partial charge in [0, 0.05) is 6.42 Å². The van der Waals surface area contributed by atoms with Crippen LogP contribution in [0.15, 0.2) is 72.8 Å². The first kappa shape index (κ1) is 17.7. The van der Waals surface area contributed by atoms with Gasteiger partial charge >= 0.3 is 0 Å². The van der Waals surface area contributed by atoms with E-state index >= 15 is 0 Å². The molecule has 3 nitrogen and oxygen atoms in total. The summed E-state index contributed by atoms with van der Waals surface area (Å²) in [5.74, 6) is 0.760. The van der Waals surface area contributed by atoms with Crippen LogP contribution < -0.4 is 10.6 Å². The molecule has 2 N–H and O–H groups in total. The largest absolute Gasteiger partial charge is 0.345 e. The van der Waals surface area contributed by atoms with E-state index in [0.717, 1.165) is 30.6 Å². The summed E-state index contributed by atoms with van der Waals surface area (Å²) in [6.07, 6.45) is 2.72. The van der Waals surface area contributed by atoms with Crippen LogP contribution in [0.4, 0.5) is 0 Å². The van der Waals surface area contributed by atoms with Gasteiger partial charge in [0.2, 0.25) is 5.91 Å². The van der Waals surface area contributed by atoms with Crippen LogP contribution in [-0.4, -0.2) is 19.0 Å². The first-order valence-corrected chi connectivity index (χ1v) is 9.83. The summed E-state index contributed by atoms with van der Waals surface area (Å²) in [4.78, 5) is 12.7. The highest BCUT2D eigenvalue weighted by molar-refractivity contribution is 5.83. The predicted molar refractivity (Wildman–Crippen MR) is 111 cm³/mol. The fourth-order valence-corrected chi connectivity index (χ4v) is 3.92. The highest BCUT2D eigenvalue weighted by Gasteiger charge is 2.19. The molecule has 138 valence electrons. The summed E-state index contributed by atoms with van der Waals surface area (Å²) in [6, 6.07) is 24.9. The third kappa shape index (κ3) is 4.37. The van der Waals surface area contributed by atoms with Gasteiger partial charge in [-0.1, -0.05) is 66.7 Å². The van der Waals surface area contributed by atoms with Gasteiger partial charge in [-0.2, -0.15) is 0 Å². The number of hydrogen-bond donors (Lipinski definition) is 2. The summed E-state index contributed by atoms with van der Waals surface area (Å²) in [7, 11) is 0. The molecule has 1 aliphatic rings. The first-order valence-electron chi connectivity index (χ1n) is 9.83. The smallest absolute Gasteiger partial charge is 0.220 e. The zero-order chi connectivity index (χ0) is 18.5. The lowest BCUT2D eigenvalue weighted by molar-refractivity contribution is -0.121. The van der Waals surface area contributed by atoms with Crippen LogP contribution in [0.25, 0.3) is 10.8 Å². The number of carbonyl (C=O) groups is 1. The summed E-state index contributed by atoms with van der Waals surface area (Å²) >= 11 is 0. The Labute approximate surface area is 160 Å². The van der Waals surface area contributed by atoms with Crippen molar-refractivity contribution in [2.24, 2.45) is 5.92 Å². The lowest BCUT2D eigenvalue weighted by atomic mass is 9.95. The molecule has 0 saturated carbocycles. The lowest BCUT2D eigenvalue weighted by Crippen LogP contribution is -2.29. The molecule has 0 bridgehead atoms. The topological polar surface area (TPSA) is 41.1 Å². The molecule has 2 atom stereocenters. The summed E-state index contributed by atoms with van der Waals surface area (Å²) in [6.45, 7) is 2.12. The fourth-order valence-electron chi connectivity index (χ4n) is 3.92. The van der Waals surface area contributed by atoms with Gasteiger partial charge in [0.15, 0.2) is 0 Å². The summed E-state index contributed by atoms with van der Waals surface area (Å²) < 4.78 is 0. The molecule has 1 amide bonds. The van der Waals surface area contributed by atoms with Gasteiger partial charge in [-0.15, -0.1) is 0 Å². The fraction of sp³-hybridized carbons (Fsp3) is 0.292. The van der Waals surface area contributed by atoms with Gasteiger partial charge in [-0.3, -0.25) is 4.79 Å². The first-order chi connectivity index (χ1) is 13.3. The lowest BCUT2D eigenvalue weighted by Gasteiger charge is -2.21. The molecule has 27 heavy (non-hydrogen) atoms. The van der Waals surface area contributed by atoms with Gasteiger partial charge in [-0.25, -0.2) is 0 Å². The maximum atomic E-state index is 12.7. The average molecular weight is 358 g/mol. The second-order valence-corrected chi connectivity index (χ2v) is 7.42. The van der Waals surface area contributed by atoms with Crippen molar-refractivity contribution >= 4 is 16.7 Å². The van der Waals surface area contributed by atoms with E-state index in [1.54, 1.807) is 0 Å². The van der Waals surface area contributed by atoms with E-state index in [9.17, 15) is 4.79 Å². The van der Waals surface area contributed by atoms with E-state index < -0.39 is 0 Å². The normalized spacial score (nSPS) is 17.7. The molecule has 0 aliphatic carbocycles. The molecule has 3 heteroatoms. The van der Waals surface area contributed by atoms with Crippen LogP contribution in [0.2, 0.25) is 0 Å². The number of hydrogen-bond acceptors (Lipinski definition) is 2. The van der Waals surface area contributed by atoms with Gasteiger partial charge in [0.05, 0.1) is 6.04 Å². The quantitative estimate of drug-likeness (QED) is 0.684. The zero-order valence-electron chi connectivity index (χ0n) is 15.5. The van der Waals surface area contributed by atoms with Crippen LogP contribution in [0.5, 0.6) is 0 Å². The molecule has 0 radical (unpaired) electrons. The van der Waals surface area contributed by atoms with E-state index in [-0.39, 0.29) is 11.9 Å². The van der Waals surface area contributed by atoms with Crippen LogP contribution in [-0.2, 0) is 4.79 Å². The Kier molecular flexibility index (Phi) is 5.50. The number of carbonyl (C=O) groups excluding carboxylic acids is 1. The van der Waals surface area contributed by atoms with Crippen molar-refractivity contribution in [1.82, 2.24) is 10.6 Å². The Morgan fingerprint density at radius 1 is 0.963 bits per heavy atom. The number of fused-ring (bicyclic) bond motifs is 1. The minimum absolute atomic E-state index is 0.120. The van der Waals surface area contributed by atoms with E-state index in [2.05, 4.69) is 65.2 Å². The van der Waals surface area contributed by atoms with E-state index in [1.807, 2.05) is 18.2 Å². The third-order valence-electron chi connectivity index (χ3n) is 5.49. The maximum absolute atomic E-state index is 12.7. The highest BCUT2D eigenvalue weighted by Crippen LogP contribution is 2.26. The molecule has 3 aromatic carbocycles. The minimum atomic E-state index is -0.120. The van der Waals surface area contributed by atoms with Crippen LogP contribution in [0, 0.1) is 5.92 Å². The molecular formula is C24H26N2O. The molecule has 0 spiro atoms. The molecular weight excluding hydrogens is 332 g/mol. The molecule has 0 aromatic heterocycles. The molecule has 3 aromatic rings. The Bertz CT molecular complexity index is 900. The Balaban J connectivity index is 1.55. The van der Waals surface area contributed by atoms with Gasteiger partial charge in [0.25, 0.3) is 0 Å². The average Bonchev–Trinajstić information content (AvgIpc) is 3.24. The predicted octanol–water partition coefficient (Wildman–Crippen LogP) is 4.44. The second-order valence-electron chi connectivity index (χ2n) is 7.42. The Morgan fingerprint density at radius 2 is 1.74 bits per heavy atom. The molecule has 4 rings (SSSR count). The van der Waals surface area contributed by atoms with Crippen molar-refractivity contribution in [2.45, 2.75) is 25.3 Å². The number of amides is 1. The zero-order valence-corrected chi connectivity index (χ0v) is 15.5. The van der Waals surface area contributed by atoms with E-state index in [0.29, 0.717) is 12.3 Å². The van der Waals surface area contributed by atoms with Gasteiger partial charge < -0.3 is 10.6 Å². The van der Waals surface area contributed by atoms with E-state index in [4.69, 9.17) is 0 Å². The Morgan fingerprint density at radius 3 is 2.52 bits per heavy atom. The van der Waals surface area contributed by atoms with Crippen molar-refractivity contribution in [1.29, 1.82) is 0 Å².